The van der Waals surface area contributed by atoms with E-state index in [0.717, 1.165) is 37.2 Å². The third-order valence-corrected chi connectivity index (χ3v) is 6.28. The van der Waals surface area contributed by atoms with Crippen molar-refractivity contribution in [3.05, 3.63) is 47.0 Å². The van der Waals surface area contributed by atoms with Crippen molar-refractivity contribution in [2.45, 2.75) is 31.7 Å². The van der Waals surface area contributed by atoms with E-state index < -0.39 is 0 Å². The Hall–Kier alpha value is -1.82. The molecule has 2 aromatic heterocycles. The maximum Gasteiger partial charge on any atom is 0.116 e. The van der Waals surface area contributed by atoms with Crippen LogP contribution in [-0.2, 0) is 6.54 Å². The summed E-state index contributed by atoms with van der Waals surface area (Å²) in [5.74, 6) is 1.57. The summed E-state index contributed by atoms with van der Waals surface area (Å²) in [6, 6.07) is 8.12. The molecule has 0 saturated heterocycles. The fourth-order valence-electron chi connectivity index (χ4n) is 3.23. The van der Waals surface area contributed by atoms with E-state index in [0.29, 0.717) is 12.5 Å². The highest BCUT2D eigenvalue weighted by atomic mass is 35.5. The molecule has 1 fully saturated rings. The number of nitrogens with two attached hydrogens (primary N) is 2. The maximum absolute atomic E-state index is 6.33. The molecule has 1 saturated carbocycles. The van der Waals surface area contributed by atoms with E-state index in [4.69, 9.17) is 28.1 Å². The van der Waals surface area contributed by atoms with Gasteiger partial charge in [0.15, 0.2) is 0 Å². The second kappa shape index (κ2) is 6.24. The van der Waals surface area contributed by atoms with Gasteiger partial charge in [0.05, 0.1) is 20.3 Å². The van der Waals surface area contributed by atoms with Crippen molar-refractivity contribution in [3.8, 4) is 10.6 Å². The molecule has 1 aliphatic carbocycles. The highest BCUT2D eigenvalue weighted by molar-refractivity contribution is 7.22. The van der Waals surface area contributed by atoms with E-state index >= 15 is 0 Å². The lowest BCUT2D eigenvalue weighted by Gasteiger charge is -2.24. The number of hydrogen-bond donors (Lipinski definition) is 2. The minimum absolute atomic E-state index is 0.418. The Kier molecular flexibility index (Phi) is 4.08. The largest absolute Gasteiger partial charge is 0.403 e. The van der Waals surface area contributed by atoms with Crippen LogP contribution in [0.15, 0.2) is 30.5 Å². The lowest BCUT2D eigenvalue weighted by Crippen LogP contribution is -2.15. The number of rotatable bonds is 4. The van der Waals surface area contributed by atoms with Gasteiger partial charge in [0, 0.05) is 24.9 Å². The molecular formula is C18H19ClN4S. The number of halogens is 1. The molecule has 3 aromatic rings. The first-order valence-corrected chi connectivity index (χ1v) is 9.30. The lowest BCUT2D eigenvalue weighted by molar-refractivity contribution is 0.398. The normalized spacial score (nSPS) is 15.4. The van der Waals surface area contributed by atoms with Gasteiger partial charge in [0.2, 0.25) is 0 Å². The van der Waals surface area contributed by atoms with Gasteiger partial charge in [-0.3, -0.25) is 0 Å². The van der Waals surface area contributed by atoms with Crippen molar-refractivity contribution in [2.24, 2.45) is 11.5 Å². The fourth-order valence-corrected chi connectivity index (χ4v) is 4.60. The lowest BCUT2D eigenvalue weighted by atomic mass is 9.85. The SMILES string of the molecule is N/C=C\n1c(C2CCC2)nc(-c2cc3cccc(Cl)c3s2)c1CN. The van der Waals surface area contributed by atoms with Crippen LogP contribution in [-0.4, -0.2) is 9.55 Å². The van der Waals surface area contributed by atoms with E-state index in [9.17, 15) is 0 Å². The standard InChI is InChI=1S/C18H19ClN4S/c19-13-6-2-5-12-9-15(24-17(12)13)16-14(10-21)23(8-7-20)18(22-16)11-3-1-4-11/h2,5-9,11H,1,3-4,10,20-21H2/b8-7-. The number of aromatic nitrogens is 2. The van der Waals surface area contributed by atoms with E-state index in [-0.39, 0.29) is 0 Å². The molecule has 0 atom stereocenters. The third-order valence-electron chi connectivity index (χ3n) is 4.67. The molecule has 6 heteroatoms. The van der Waals surface area contributed by atoms with Gasteiger partial charge in [-0.1, -0.05) is 30.2 Å². The van der Waals surface area contributed by atoms with E-state index in [2.05, 4.69) is 16.7 Å². The Labute approximate surface area is 149 Å². The molecule has 0 spiro atoms. The van der Waals surface area contributed by atoms with Crippen LogP contribution in [0.4, 0.5) is 0 Å². The average Bonchev–Trinajstić information content (AvgIpc) is 3.09. The second-order valence-corrected chi connectivity index (χ2v) is 7.54. The molecule has 0 aliphatic heterocycles. The predicted octanol–water partition coefficient (Wildman–Crippen LogP) is 4.53. The van der Waals surface area contributed by atoms with Crippen molar-refractivity contribution in [2.75, 3.05) is 0 Å². The Morgan fingerprint density at radius 1 is 1.38 bits per heavy atom. The summed E-state index contributed by atoms with van der Waals surface area (Å²) >= 11 is 8.00. The van der Waals surface area contributed by atoms with Crippen LogP contribution in [0.5, 0.6) is 0 Å². The third kappa shape index (κ3) is 2.44. The number of nitrogens with zero attached hydrogens (tertiary/aromatic N) is 2. The Morgan fingerprint density at radius 3 is 2.83 bits per heavy atom. The van der Waals surface area contributed by atoms with Crippen LogP contribution in [0.25, 0.3) is 26.9 Å². The summed E-state index contributed by atoms with van der Waals surface area (Å²) < 4.78 is 3.16. The highest BCUT2D eigenvalue weighted by Gasteiger charge is 2.28. The van der Waals surface area contributed by atoms with Gasteiger partial charge >= 0.3 is 0 Å². The molecule has 1 aliphatic rings. The average molecular weight is 359 g/mol. The zero-order chi connectivity index (χ0) is 16.7. The van der Waals surface area contributed by atoms with E-state index in [1.807, 2.05) is 18.3 Å². The molecule has 4 N–H and O–H groups in total. The minimum Gasteiger partial charge on any atom is -0.403 e. The zero-order valence-electron chi connectivity index (χ0n) is 13.2. The molecule has 4 nitrogen and oxygen atoms in total. The van der Waals surface area contributed by atoms with Crippen LogP contribution in [0.3, 0.4) is 0 Å². The quantitative estimate of drug-likeness (QED) is 0.719. The van der Waals surface area contributed by atoms with Crippen molar-refractivity contribution in [3.63, 3.8) is 0 Å². The molecule has 0 amide bonds. The molecule has 1 aromatic carbocycles. The zero-order valence-corrected chi connectivity index (χ0v) is 14.8. The number of benzene rings is 1. The summed E-state index contributed by atoms with van der Waals surface area (Å²) in [7, 11) is 0. The van der Waals surface area contributed by atoms with Crippen LogP contribution in [0.1, 0.15) is 36.7 Å². The molecule has 2 heterocycles. The summed E-state index contributed by atoms with van der Waals surface area (Å²) in [5, 5.41) is 1.91. The Morgan fingerprint density at radius 2 is 2.21 bits per heavy atom. The monoisotopic (exact) mass is 358 g/mol. The summed E-state index contributed by atoms with van der Waals surface area (Å²) in [6.07, 6.45) is 7.03. The summed E-state index contributed by atoms with van der Waals surface area (Å²) in [6.45, 7) is 0.418. The summed E-state index contributed by atoms with van der Waals surface area (Å²) in [5.41, 5.74) is 13.7. The van der Waals surface area contributed by atoms with Crippen LogP contribution in [0.2, 0.25) is 5.02 Å². The van der Waals surface area contributed by atoms with Gasteiger partial charge < -0.3 is 16.0 Å². The molecule has 0 unspecified atom stereocenters. The molecule has 24 heavy (non-hydrogen) atoms. The summed E-state index contributed by atoms with van der Waals surface area (Å²) in [4.78, 5) is 6.06. The van der Waals surface area contributed by atoms with Crippen LogP contribution in [0, 0.1) is 0 Å². The van der Waals surface area contributed by atoms with Gasteiger partial charge in [-0.05, 0) is 30.4 Å². The van der Waals surface area contributed by atoms with Crippen LogP contribution >= 0.6 is 22.9 Å². The van der Waals surface area contributed by atoms with Gasteiger partial charge in [0.1, 0.15) is 11.5 Å². The van der Waals surface area contributed by atoms with E-state index in [1.165, 1.54) is 19.3 Å². The first kappa shape index (κ1) is 15.7. The molecular weight excluding hydrogens is 340 g/mol. The van der Waals surface area contributed by atoms with Gasteiger partial charge in [-0.15, -0.1) is 11.3 Å². The predicted molar refractivity (Wildman–Crippen MR) is 102 cm³/mol. The molecule has 0 radical (unpaired) electrons. The van der Waals surface area contributed by atoms with Gasteiger partial charge in [-0.25, -0.2) is 4.98 Å². The van der Waals surface area contributed by atoms with Crippen molar-refractivity contribution in [1.82, 2.24) is 9.55 Å². The van der Waals surface area contributed by atoms with E-state index in [1.54, 1.807) is 17.5 Å². The maximum atomic E-state index is 6.33. The van der Waals surface area contributed by atoms with Crippen molar-refractivity contribution >= 4 is 39.2 Å². The fraction of sp³-hybridized carbons (Fsp3) is 0.278. The van der Waals surface area contributed by atoms with Gasteiger partial charge in [-0.2, -0.15) is 0 Å². The highest BCUT2D eigenvalue weighted by Crippen LogP contribution is 2.42. The number of thiophene rings is 1. The number of fused-ring (bicyclic) bond motifs is 1. The van der Waals surface area contributed by atoms with Crippen molar-refractivity contribution < 1.29 is 0 Å². The number of hydrogen-bond acceptors (Lipinski definition) is 4. The van der Waals surface area contributed by atoms with Crippen molar-refractivity contribution in [1.29, 1.82) is 0 Å². The second-order valence-electron chi connectivity index (χ2n) is 6.08. The number of imidazole rings is 1. The minimum atomic E-state index is 0.418. The molecule has 4 rings (SSSR count). The molecule has 0 bridgehead atoms. The molecule has 124 valence electrons. The first-order chi connectivity index (χ1) is 11.7. The van der Waals surface area contributed by atoms with Gasteiger partial charge in [0.25, 0.3) is 0 Å². The first-order valence-electron chi connectivity index (χ1n) is 8.10. The Balaban J connectivity index is 1.91. The smallest absolute Gasteiger partial charge is 0.116 e. The topological polar surface area (TPSA) is 69.9 Å². The van der Waals surface area contributed by atoms with Crippen LogP contribution < -0.4 is 11.5 Å². The Bertz CT molecular complexity index is 921.